The van der Waals surface area contributed by atoms with Crippen LogP contribution in [-0.4, -0.2) is 14.7 Å². The Kier molecular flexibility index (Phi) is 1.77. The Hall–Kier alpha value is -1.91. The Morgan fingerprint density at radius 3 is 2.88 bits per heavy atom. The second kappa shape index (κ2) is 3.04. The van der Waals surface area contributed by atoms with Crippen LogP contribution in [0.3, 0.4) is 0 Å². The normalized spacial score (nSPS) is 15.6. The fraction of sp³-hybridized carbons (Fsp3) is 0.364. The third-order valence-electron chi connectivity index (χ3n) is 2.98. The smallest absolute Gasteiger partial charge is 0.262 e. The number of fused-ring (bicyclic) bond motifs is 1. The van der Waals surface area contributed by atoms with Crippen molar-refractivity contribution in [1.82, 2.24) is 9.78 Å². The zero-order valence-corrected chi connectivity index (χ0v) is 8.88. The molecule has 1 fully saturated rings. The zero-order chi connectivity index (χ0) is 11.3. The van der Waals surface area contributed by atoms with Crippen molar-refractivity contribution < 1.29 is 4.92 Å². The van der Waals surface area contributed by atoms with Gasteiger partial charge in [0.25, 0.3) is 5.69 Å². The summed E-state index contributed by atoms with van der Waals surface area (Å²) in [4.78, 5) is 10.3. The van der Waals surface area contributed by atoms with Crippen LogP contribution >= 0.6 is 0 Å². The minimum absolute atomic E-state index is 0.131. The molecule has 5 nitrogen and oxygen atoms in total. The highest BCUT2D eigenvalue weighted by Crippen LogP contribution is 2.37. The van der Waals surface area contributed by atoms with Crippen molar-refractivity contribution in [3.05, 3.63) is 34.0 Å². The Morgan fingerprint density at radius 1 is 1.50 bits per heavy atom. The average Bonchev–Trinajstić information content (AvgIpc) is 3.04. The van der Waals surface area contributed by atoms with E-state index in [0.717, 1.165) is 29.4 Å². The van der Waals surface area contributed by atoms with E-state index < -0.39 is 0 Å². The lowest BCUT2D eigenvalue weighted by atomic mass is 10.2. The minimum atomic E-state index is -0.368. The SMILES string of the molecule is Cc1nn(C2CC2)c2ccc([N+](=O)[O-])cc12. The topological polar surface area (TPSA) is 61.0 Å². The van der Waals surface area contributed by atoms with Gasteiger partial charge in [-0.2, -0.15) is 5.10 Å². The Balaban J connectivity index is 2.24. The van der Waals surface area contributed by atoms with E-state index in [1.54, 1.807) is 18.2 Å². The highest BCUT2D eigenvalue weighted by Gasteiger charge is 2.27. The summed E-state index contributed by atoms with van der Waals surface area (Å²) in [6.07, 6.45) is 2.32. The second-order valence-corrected chi connectivity index (χ2v) is 4.22. The number of non-ortho nitro benzene ring substituents is 1. The third kappa shape index (κ3) is 1.28. The van der Waals surface area contributed by atoms with Crippen molar-refractivity contribution in [2.24, 2.45) is 0 Å². The lowest BCUT2D eigenvalue weighted by Crippen LogP contribution is -1.95. The number of benzene rings is 1. The van der Waals surface area contributed by atoms with E-state index in [4.69, 9.17) is 0 Å². The van der Waals surface area contributed by atoms with Crippen molar-refractivity contribution in [2.75, 3.05) is 0 Å². The van der Waals surface area contributed by atoms with Crippen LogP contribution in [0, 0.1) is 17.0 Å². The van der Waals surface area contributed by atoms with Crippen LogP contribution in [0.15, 0.2) is 18.2 Å². The highest BCUT2D eigenvalue weighted by atomic mass is 16.6. The number of hydrogen-bond donors (Lipinski definition) is 0. The van der Waals surface area contributed by atoms with E-state index in [0.29, 0.717) is 6.04 Å². The van der Waals surface area contributed by atoms with Gasteiger partial charge in [0.1, 0.15) is 0 Å². The van der Waals surface area contributed by atoms with Crippen molar-refractivity contribution in [1.29, 1.82) is 0 Å². The predicted molar refractivity (Wildman–Crippen MR) is 59.4 cm³/mol. The maximum Gasteiger partial charge on any atom is 0.270 e. The maximum absolute atomic E-state index is 10.7. The lowest BCUT2D eigenvalue weighted by Gasteiger charge is -1.98. The van der Waals surface area contributed by atoms with Gasteiger partial charge in [-0.3, -0.25) is 14.8 Å². The summed E-state index contributed by atoms with van der Waals surface area (Å²) in [6.45, 7) is 1.89. The molecule has 1 aromatic heterocycles. The highest BCUT2D eigenvalue weighted by molar-refractivity contribution is 5.84. The first-order valence-electron chi connectivity index (χ1n) is 5.30. The molecule has 3 rings (SSSR count). The molecule has 0 atom stereocenters. The molecule has 1 aliphatic rings. The molecule has 2 aromatic rings. The van der Waals surface area contributed by atoms with Gasteiger partial charge in [0.05, 0.1) is 22.2 Å². The monoisotopic (exact) mass is 217 g/mol. The molecule has 0 aliphatic heterocycles. The van der Waals surface area contributed by atoms with E-state index >= 15 is 0 Å². The third-order valence-corrected chi connectivity index (χ3v) is 2.98. The van der Waals surface area contributed by atoms with E-state index in [9.17, 15) is 10.1 Å². The molecule has 0 amide bonds. The van der Waals surface area contributed by atoms with Crippen LogP contribution in [0.2, 0.25) is 0 Å². The molecular formula is C11H11N3O2. The second-order valence-electron chi connectivity index (χ2n) is 4.22. The van der Waals surface area contributed by atoms with Crippen LogP contribution in [0.25, 0.3) is 10.9 Å². The molecule has 0 saturated heterocycles. The van der Waals surface area contributed by atoms with Gasteiger partial charge in [-0.15, -0.1) is 0 Å². The van der Waals surface area contributed by atoms with Crippen LogP contribution in [0.5, 0.6) is 0 Å². The van der Waals surface area contributed by atoms with Gasteiger partial charge in [0.15, 0.2) is 0 Å². The molecule has 0 unspecified atom stereocenters. The first-order chi connectivity index (χ1) is 7.66. The molecule has 0 radical (unpaired) electrons. The van der Waals surface area contributed by atoms with Crippen LogP contribution in [-0.2, 0) is 0 Å². The van der Waals surface area contributed by atoms with Gasteiger partial charge < -0.3 is 0 Å². The quantitative estimate of drug-likeness (QED) is 0.573. The predicted octanol–water partition coefficient (Wildman–Crippen LogP) is 2.59. The first kappa shape index (κ1) is 9.33. The molecule has 16 heavy (non-hydrogen) atoms. The zero-order valence-electron chi connectivity index (χ0n) is 8.88. The van der Waals surface area contributed by atoms with Gasteiger partial charge in [-0.1, -0.05) is 0 Å². The molecule has 1 saturated carbocycles. The van der Waals surface area contributed by atoms with Crippen LogP contribution < -0.4 is 0 Å². The Labute approximate surface area is 91.8 Å². The van der Waals surface area contributed by atoms with Gasteiger partial charge in [0.2, 0.25) is 0 Å². The first-order valence-corrected chi connectivity index (χ1v) is 5.30. The minimum Gasteiger partial charge on any atom is -0.262 e. The van der Waals surface area contributed by atoms with Crippen molar-refractivity contribution >= 4 is 16.6 Å². The molecule has 1 heterocycles. The standard InChI is InChI=1S/C11H11N3O2/c1-7-10-6-9(14(15)16)4-5-11(10)13(12-7)8-2-3-8/h4-6,8H,2-3H2,1H3. The number of nitro groups is 1. The fourth-order valence-electron chi connectivity index (χ4n) is 1.99. The Bertz CT molecular complexity index is 584. The summed E-state index contributed by atoms with van der Waals surface area (Å²) in [6, 6.07) is 5.45. The summed E-state index contributed by atoms with van der Waals surface area (Å²) in [5.41, 5.74) is 2.00. The molecule has 1 aliphatic carbocycles. The van der Waals surface area contributed by atoms with Crippen molar-refractivity contribution in [3.8, 4) is 0 Å². The number of aromatic nitrogens is 2. The molecule has 0 spiro atoms. The largest absolute Gasteiger partial charge is 0.270 e. The van der Waals surface area contributed by atoms with Gasteiger partial charge in [0, 0.05) is 17.5 Å². The van der Waals surface area contributed by atoms with Crippen LogP contribution in [0.1, 0.15) is 24.6 Å². The van der Waals surface area contributed by atoms with Gasteiger partial charge in [-0.25, -0.2) is 0 Å². The fourth-order valence-corrected chi connectivity index (χ4v) is 1.99. The molecular weight excluding hydrogens is 206 g/mol. The summed E-state index contributed by atoms with van der Waals surface area (Å²) < 4.78 is 1.99. The van der Waals surface area contributed by atoms with Crippen molar-refractivity contribution in [3.63, 3.8) is 0 Å². The number of aryl methyl sites for hydroxylation is 1. The molecule has 5 heteroatoms. The average molecular weight is 217 g/mol. The van der Waals surface area contributed by atoms with E-state index in [1.165, 1.54) is 0 Å². The summed E-state index contributed by atoms with van der Waals surface area (Å²) in [5.74, 6) is 0. The van der Waals surface area contributed by atoms with Gasteiger partial charge in [-0.05, 0) is 25.8 Å². The van der Waals surface area contributed by atoms with E-state index in [2.05, 4.69) is 5.10 Å². The summed E-state index contributed by atoms with van der Waals surface area (Å²) >= 11 is 0. The summed E-state index contributed by atoms with van der Waals surface area (Å²) in [7, 11) is 0. The molecule has 82 valence electrons. The van der Waals surface area contributed by atoms with E-state index in [1.807, 2.05) is 11.6 Å². The Morgan fingerprint density at radius 2 is 2.25 bits per heavy atom. The lowest BCUT2D eigenvalue weighted by molar-refractivity contribution is -0.384. The molecule has 1 aromatic carbocycles. The number of nitrogens with zero attached hydrogens (tertiary/aromatic N) is 3. The number of nitro benzene ring substituents is 1. The molecule has 0 N–H and O–H groups in total. The number of rotatable bonds is 2. The number of hydrogen-bond acceptors (Lipinski definition) is 3. The van der Waals surface area contributed by atoms with Crippen molar-refractivity contribution in [2.45, 2.75) is 25.8 Å². The maximum atomic E-state index is 10.7. The molecule has 0 bridgehead atoms. The summed E-state index contributed by atoms with van der Waals surface area (Å²) in [5, 5.41) is 16.0. The van der Waals surface area contributed by atoms with E-state index in [-0.39, 0.29) is 10.6 Å². The van der Waals surface area contributed by atoms with Crippen LogP contribution in [0.4, 0.5) is 5.69 Å². The van der Waals surface area contributed by atoms with Gasteiger partial charge >= 0.3 is 0 Å².